The summed E-state index contributed by atoms with van der Waals surface area (Å²) in [6, 6.07) is 5.39. The standard InChI is InChI=1S/C14H18BrClN2O/c1-9-4-5-18(11(6-9)8-17)14(19)12-3-2-10(16)7-13(12)15/h2-3,7,9,11H,4-6,8,17H2,1H3. The first kappa shape index (κ1) is 14.8. The fourth-order valence-electron chi connectivity index (χ4n) is 2.56. The quantitative estimate of drug-likeness (QED) is 0.894. The molecule has 2 N–H and O–H groups in total. The van der Waals surface area contributed by atoms with Gasteiger partial charge in [0, 0.05) is 28.6 Å². The zero-order valence-electron chi connectivity index (χ0n) is 10.9. The molecule has 0 aromatic heterocycles. The topological polar surface area (TPSA) is 46.3 Å². The molecule has 0 aliphatic carbocycles. The fourth-order valence-corrected chi connectivity index (χ4v) is 3.41. The highest BCUT2D eigenvalue weighted by molar-refractivity contribution is 9.10. The molecule has 1 aliphatic heterocycles. The second-order valence-electron chi connectivity index (χ2n) is 5.14. The molecule has 1 aromatic rings. The van der Waals surface area contributed by atoms with E-state index in [1.165, 1.54) is 0 Å². The maximum absolute atomic E-state index is 12.6. The molecular formula is C14H18BrClN2O. The number of carbonyl (C=O) groups is 1. The smallest absolute Gasteiger partial charge is 0.255 e. The highest BCUT2D eigenvalue weighted by Crippen LogP contribution is 2.27. The summed E-state index contributed by atoms with van der Waals surface area (Å²) in [5.74, 6) is 0.664. The molecule has 1 aliphatic rings. The summed E-state index contributed by atoms with van der Waals surface area (Å²) in [5.41, 5.74) is 6.46. The summed E-state index contributed by atoms with van der Waals surface area (Å²) in [6.45, 7) is 3.50. The minimum atomic E-state index is 0.0332. The van der Waals surface area contributed by atoms with E-state index in [1.54, 1.807) is 18.2 Å². The van der Waals surface area contributed by atoms with E-state index in [1.807, 2.05) is 4.90 Å². The number of piperidine rings is 1. The first-order valence-electron chi connectivity index (χ1n) is 6.49. The van der Waals surface area contributed by atoms with Crippen LogP contribution in [0.3, 0.4) is 0 Å². The molecule has 104 valence electrons. The van der Waals surface area contributed by atoms with E-state index in [2.05, 4.69) is 22.9 Å². The van der Waals surface area contributed by atoms with E-state index in [9.17, 15) is 4.79 Å². The second-order valence-corrected chi connectivity index (χ2v) is 6.43. The molecule has 5 heteroatoms. The number of likely N-dealkylation sites (tertiary alicyclic amines) is 1. The molecule has 2 rings (SSSR count). The molecule has 1 fully saturated rings. The Kier molecular flexibility index (Phi) is 4.87. The fraction of sp³-hybridized carbons (Fsp3) is 0.500. The molecular weight excluding hydrogens is 328 g/mol. The van der Waals surface area contributed by atoms with Gasteiger partial charge in [0.1, 0.15) is 0 Å². The van der Waals surface area contributed by atoms with Crippen LogP contribution in [-0.2, 0) is 0 Å². The van der Waals surface area contributed by atoms with Gasteiger partial charge in [0.2, 0.25) is 0 Å². The molecule has 1 saturated heterocycles. The van der Waals surface area contributed by atoms with Crippen LogP contribution in [0.4, 0.5) is 0 Å². The van der Waals surface area contributed by atoms with Crippen LogP contribution in [0.5, 0.6) is 0 Å². The van der Waals surface area contributed by atoms with Gasteiger partial charge in [-0.1, -0.05) is 18.5 Å². The van der Waals surface area contributed by atoms with Crippen molar-refractivity contribution >= 4 is 33.4 Å². The van der Waals surface area contributed by atoms with Gasteiger partial charge >= 0.3 is 0 Å². The van der Waals surface area contributed by atoms with Crippen molar-refractivity contribution in [1.82, 2.24) is 4.90 Å². The van der Waals surface area contributed by atoms with E-state index in [0.29, 0.717) is 23.0 Å². The van der Waals surface area contributed by atoms with Gasteiger partial charge in [-0.05, 0) is 52.9 Å². The Morgan fingerprint density at radius 2 is 2.32 bits per heavy atom. The third kappa shape index (κ3) is 3.30. The van der Waals surface area contributed by atoms with Gasteiger partial charge < -0.3 is 10.6 Å². The lowest BCUT2D eigenvalue weighted by molar-refractivity contribution is 0.0572. The number of nitrogens with two attached hydrogens (primary N) is 1. The van der Waals surface area contributed by atoms with Crippen LogP contribution >= 0.6 is 27.5 Å². The Labute approximate surface area is 127 Å². The largest absolute Gasteiger partial charge is 0.334 e. The van der Waals surface area contributed by atoms with Crippen molar-refractivity contribution in [2.24, 2.45) is 11.7 Å². The number of rotatable bonds is 2. The predicted molar refractivity (Wildman–Crippen MR) is 81.4 cm³/mol. The third-order valence-electron chi connectivity index (χ3n) is 3.67. The Morgan fingerprint density at radius 3 is 2.95 bits per heavy atom. The maximum atomic E-state index is 12.6. The molecule has 0 saturated carbocycles. The minimum absolute atomic E-state index is 0.0332. The molecule has 2 unspecified atom stereocenters. The Balaban J connectivity index is 2.22. The summed E-state index contributed by atoms with van der Waals surface area (Å²) in [6.07, 6.45) is 2.01. The van der Waals surface area contributed by atoms with Crippen LogP contribution in [0, 0.1) is 5.92 Å². The van der Waals surface area contributed by atoms with E-state index < -0.39 is 0 Å². The molecule has 3 nitrogen and oxygen atoms in total. The lowest BCUT2D eigenvalue weighted by Gasteiger charge is -2.38. The average molecular weight is 346 g/mol. The Hall–Kier alpha value is -0.580. The zero-order chi connectivity index (χ0) is 14.0. The first-order chi connectivity index (χ1) is 9.02. The van der Waals surface area contributed by atoms with Gasteiger partial charge in [-0.15, -0.1) is 0 Å². The highest BCUT2D eigenvalue weighted by atomic mass is 79.9. The predicted octanol–water partition coefficient (Wildman–Crippen LogP) is 3.30. The summed E-state index contributed by atoms with van der Waals surface area (Å²) in [7, 11) is 0. The number of hydrogen-bond donors (Lipinski definition) is 1. The van der Waals surface area contributed by atoms with Crippen LogP contribution in [0.15, 0.2) is 22.7 Å². The monoisotopic (exact) mass is 344 g/mol. The van der Waals surface area contributed by atoms with E-state index in [4.69, 9.17) is 17.3 Å². The van der Waals surface area contributed by atoms with Crippen LogP contribution in [0.1, 0.15) is 30.1 Å². The van der Waals surface area contributed by atoms with Crippen molar-refractivity contribution in [2.75, 3.05) is 13.1 Å². The maximum Gasteiger partial charge on any atom is 0.255 e. The molecule has 1 heterocycles. The lowest BCUT2D eigenvalue weighted by atomic mass is 9.92. The van der Waals surface area contributed by atoms with E-state index in [-0.39, 0.29) is 11.9 Å². The van der Waals surface area contributed by atoms with Crippen LogP contribution < -0.4 is 5.73 Å². The number of halogens is 2. The van der Waals surface area contributed by atoms with Crippen molar-refractivity contribution < 1.29 is 4.79 Å². The minimum Gasteiger partial charge on any atom is -0.334 e. The van der Waals surface area contributed by atoms with Gasteiger partial charge in [0.15, 0.2) is 0 Å². The third-order valence-corrected chi connectivity index (χ3v) is 4.56. The number of benzene rings is 1. The molecule has 0 spiro atoms. The molecule has 19 heavy (non-hydrogen) atoms. The summed E-state index contributed by atoms with van der Waals surface area (Å²) >= 11 is 9.31. The summed E-state index contributed by atoms with van der Waals surface area (Å²) in [4.78, 5) is 14.5. The van der Waals surface area contributed by atoms with Gasteiger partial charge in [0.05, 0.1) is 5.56 Å². The lowest BCUT2D eigenvalue weighted by Crippen LogP contribution is -2.49. The normalized spacial score (nSPS) is 23.5. The summed E-state index contributed by atoms with van der Waals surface area (Å²) < 4.78 is 0.736. The van der Waals surface area contributed by atoms with Gasteiger partial charge in [-0.3, -0.25) is 4.79 Å². The number of amides is 1. The van der Waals surface area contributed by atoms with Crippen molar-refractivity contribution in [2.45, 2.75) is 25.8 Å². The SMILES string of the molecule is CC1CCN(C(=O)c2ccc(Cl)cc2Br)C(CN)C1. The van der Waals surface area contributed by atoms with Crippen LogP contribution in [-0.4, -0.2) is 29.9 Å². The molecule has 0 bridgehead atoms. The average Bonchev–Trinajstić information content (AvgIpc) is 2.37. The molecule has 0 radical (unpaired) electrons. The molecule has 1 amide bonds. The Bertz CT molecular complexity index is 481. The van der Waals surface area contributed by atoms with Crippen LogP contribution in [0.25, 0.3) is 0 Å². The van der Waals surface area contributed by atoms with E-state index in [0.717, 1.165) is 23.9 Å². The van der Waals surface area contributed by atoms with Crippen molar-refractivity contribution in [3.8, 4) is 0 Å². The van der Waals surface area contributed by atoms with Gasteiger partial charge in [-0.2, -0.15) is 0 Å². The van der Waals surface area contributed by atoms with Crippen molar-refractivity contribution in [3.63, 3.8) is 0 Å². The van der Waals surface area contributed by atoms with Gasteiger partial charge in [-0.25, -0.2) is 0 Å². The van der Waals surface area contributed by atoms with Crippen molar-refractivity contribution in [3.05, 3.63) is 33.3 Å². The highest BCUT2D eigenvalue weighted by Gasteiger charge is 2.30. The van der Waals surface area contributed by atoms with Crippen LogP contribution in [0.2, 0.25) is 5.02 Å². The Morgan fingerprint density at radius 1 is 1.58 bits per heavy atom. The number of carbonyl (C=O) groups excluding carboxylic acids is 1. The summed E-state index contributed by atoms with van der Waals surface area (Å²) in [5, 5.41) is 0.617. The van der Waals surface area contributed by atoms with Crippen molar-refractivity contribution in [1.29, 1.82) is 0 Å². The first-order valence-corrected chi connectivity index (χ1v) is 7.66. The number of nitrogens with zero attached hydrogens (tertiary/aromatic N) is 1. The molecule has 1 aromatic carbocycles. The second kappa shape index (κ2) is 6.25. The molecule has 2 atom stereocenters. The number of hydrogen-bond acceptors (Lipinski definition) is 2. The van der Waals surface area contributed by atoms with Gasteiger partial charge in [0.25, 0.3) is 5.91 Å². The zero-order valence-corrected chi connectivity index (χ0v) is 13.2. The van der Waals surface area contributed by atoms with E-state index >= 15 is 0 Å².